The summed E-state index contributed by atoms with van der Waals surface area (Å²) in [6.45, 7) is 2.73. The van der Waals surface area contributed by atoms with E-state index in [2.05, 4.69) is 14.6 Å². The van der Waals surface area contributed by atoms with E-state index >= 15 is 0 Å². The molecular weight excluding hydrogens is 368 g/mol. The highest BCUT2D eigenvalue weighted by Crippen LogP contribution is 2.25. The zero-order valence-electron chi connectivity index (χ0n) is 14.9. The summed E-state index contributed by atoms with van der Waals surface area (Å²) < 4.78 is 32.4. The van der Waals surface area contributed by atoms with Crippen molar-refractivity contribution in [2.75, 3.05) is 31.9 Å². The number of amidine groups is 1. The number of nitrogens with zero attached hydrogens (tertiary/aromatic N) is 3. The SMILES string of the molecule is O=C(NCC(c1ccco1)N1CCCC1)C1=CN2CCS(=O)(=O)N=C2C=C1. The van der Waals surface area contributed by atoms with Gasteiger partial charge in [-0.05, 0) is 50.2 Å². The molecule has 27 heavy (non-hydrogen) atoms. The first kappa shape index (κ1) is 18.0. The fourth-order valence-corrected chi connectivity index (χ4v) is 4.54. The van der Waals surface area contributed by atoms with E-state index in [1.165, 1.54) is 0 Å². The minimum absolute atomic E-state index is 0.0110. The molecule has 1 amide bonds. The number of hydrogen-bond acceptors (Lipinski definition) is 6. The lowest BCUT2D eigenvalue weighted by Crippen LogP contribution is -2.40. The third-order valence-electron chi connectivity index (χ3n) is 5.00. The van der Waals surface area contributed by atoms with Gasteiger partial charge in [-0.2, -0.15) is 0 Å². The summed E-state index contributed by atoms with van der Waals surface area (Å²) in [6, 6.07) is 3.81. The molecule has 1 aromatic rings. The van der Waals surface area contributed by atoms with Crippen molar-refractivity contribution in [1.29, 1.82) is 0 Å². The van der Waals surface area contributed by atoms with Crippen molar-refractivity contribution >= 4 is 21.8 Å². The van der Waals surface area contributed by atoms with Gasteiger partial charge in [0, 0.05) is 19.3 Å². The quantitative estimate of drug-likeness (QED) is 0.807. The van der Waals surface area contributed by atoms with Crippen molar-refractivity contribution < 1.29 is 17.6 Å². The Bertz CT molecular complexity index is 896. The Morgan fingerprint density at radius 1 is 1.26 bits per heavy atom. The highest BCUT2D eigenvalue weighted by molar-refractivity contribution is 7.90. The maximum Gasteiger partial charge on any atom is 0.256 e. The van der Waals surface area contributed by atoms with Crippen molar-refractivity contribution in [1.82, 2.24) is 15.1 Å². The fraction of sp³-hybridized carbons (Fsp3) is 0.444. The van der Waals surface area contributed by atoms with Gasteiger partial charge in [-0.15, -0.1) is 4.40 Å². The standard InChI is InChI=1S/C18H22N4O4S/c23-18(14-5-6-17-20-27(24,25)11-9-22(17)13-14)19-12-15(16-4-3-10-26-16)21-7-1-2-8-21/h3-6,10,13,15H,1-2,7-9,11-12H2,(H,19,23). The molecule has 0 aromatic carbocycles. The lowest BCUT2D eigenvalue weighted by Gasteiger charge is -2.28. The maximum atomic E-state index is 12.6. The van der Waals surface area contributed by atoms with Crippen LogP contribution in [0.15, 0.2) is 51.1 Å². The predicted molar refractivity (Wildman–Crippen MR) is 100 cm³/mol. The van der Waals surface area contributed by atoms with Gasteiger partial charge in [-0.1, -0.05) is 0 Å². The second-order valence-corrected chi connectivity index (χ2v) is 8.59. The Kier molecular flexibility index (Phi) is 4.88. The van der Waals surface area contributed by atoms with Crippen LogP contribution in [0.2, 0.25) is 0 Å². The van der Waals surface area contributed by atoms with Crippen LogP contribution in [0.25, 0.3) is 0 Å². The summed E-state index contributed by atoms with van der Waals surface area (Å²) in [7, 11) is -3.40. The van der Waals surface area contributed by atoms with E-state index in [0.29, 0.717) is 24.5 Å². The molecule has 1 N–H and O–H groups in total. The second kappa shape index (κ2) is 7.32. The molecule has 0 spiro atoms. The number of sulfonamides is 1. The van der Waals surface area contributed by atoms with Crippen LogP contribution in [-0.4, -0.2) is 61.9 Å². The monoisotopic (exact) mass is 390 g/mol. The molecule has 1 atom stereocenters. The molecule has 4 heterocycles. The van der Waals surface area contributed by atoms with Crippen LogP contribution in [-0.2, 0) is 14.8 Å². The van der Waals surface area contributed by atoms with Gasteiger partial charge in [0.15, 0.2) is 0 Å². The minimum Gasteiger partial charge on any atom is -0.468 e. The summed E-state index contributed by atoms with van der Waals surface area (Å²) in [5, 5.41) is 2.98. The number of fused-ring (bicyclic) bond motifs is 1. The molecule has 144 valence electrons. The van der Waals surface area contributed by atoms with E-state index in [1.54, 1.807) is 29.5 Å². The van der Waals surface area contributed by atoms with E-state index in [9.17, 15) is 13.2 Å². The van der Waals surface area contributed by atoms with Crippen LogP contribution < -0.4 is 5.32 Å². The van der Waals surface area contributed by atoms with Gasteiger partial charge in [-0.25, -0.2) is 8.42 Å². The number of hydrogen-bond donors (Lipinski definition) is 1. The van der Waals surface area contributed by atoms with Crippen molar-refractivity contribution in [3.8, 4) is 0 Å². The van der Waals surface area contributed by atoms with E-state index in [0.717, 1.165) is 31.7 Å². The normalized spacial score (nSPS) is 22.7. The average Bonchev–Trinajstić information content (AvgIpc) is 3.35. The molecule has 0 saturated carbocycles. The Morgan fingerprint density at radius 3 is 2.81 bits per heavy atom. The minimum atomic E-state index is -3.40. The van der Waals surface area contributed by atoms with Gasteiger partial charge in [0.2, 0.25) is 0 Å². The first-order chi connectivity index (χ1) is 13.0. The van der Waals surface area contributed by atoms with Crippen molar-refractivity contribution in [3.63, 3.8) is 0 Å². The molecule has 3 aliphatic heterocycles. The lowest BCUT2D eigenvalue weighted by atomic mass is 10.1. The molecular formula is C18H22N4O4S. The molecule has 1 aromatic heterocycles. The molecule has 1 saturated heterocycles. The number of carbonyl (C=O) groups excluding carboxylic acids is 1. The Labute approximate surface area is 158 Å². The summed E-state index contributed by atoms with van der Waals surface area (Å²) in [5.74, 6) is 0.949. The Morgan fingerprint density at radius 2 is 2.07 bits per heavy atom. The summed E-state index contributed by atoms with van der Waals surface area (Å²) in [4.78, 5) is 16.6. The van der Waals surface area contributed by atoms with Gasteiger partial charge in [0.05, 0.1) is 23.6 Å². The van der Waals surface area contributed by atoms with Crippen LogP contribution >= 0.6 is 0 Å². The molecule has 9 heteroatoms. The summed E-state index contributed by atoms with van der Waals surface area (Å²) >= 11 is 0. The number of nitrogens with one attached hydrogen (secondary N) is 1. The predicted octanol–water partition coefficient (Wildman–Crippen LogP) is 1.03. The highest BCUT2D eigenvalue weighted by Gasteiger charge is 2.28. The van der Waals surface area contributed by atoms with Crippen LogP contribution in [0.1, 0.15) is 24.6 Å². The van der Waals surface area contributed by atoms with Crippen molar-refractivity contribution in [2.45, 2.75) is 18.9 Å². The number of amides is 1. The molecule has 1 unspecified atom stereocenters. The molecule has 1 fully saturated rings. The van der Waals surface area contributed by atoms with E-state index < -0.39 is 10.0 Å². The third-order valence-corrected chi connectivity index (χ3v) is 6.16. The number of likely N-dealkylation sites (tertiary alicyclic amines) is 1. The molecule has 8 nitrogen and oxygen atoms in total. The van der Waals surface area contributed by atoms with Gasteiger partial charge in [0.25, 0.3) is 15.9 Å². The van der Waals surface area contributed by atoms with Gasteiger partial charge < -0.3 is 14.6 Å². The summed E-state index contributed by atoms with van der Waals surface area (Å²) in [5.41, 5.74) is 0.480. The number of rotatable bonds is 5. The fourth-order valence-electron chi connectivity index (χ4n) is 3.57. The van der Waals surface area contributed by atoms with E-state index in [1.807, 2.05) is 12.1 Å². The largest absolute Gasteiger partial charge is 0.468 e. The van der Waals surface area contributed by atoms with Crippen LogP contribution in [0, 0.1) is 0 Å². The average molecular weight is 390 g/mol. The zero-order valence-corrected chi connectivity index (χ0v) is 15.7. The Balaban J connectivity index is 1.43. The Hall–Kier alpha value is -2.39. The smallest absolute Gasteiger partial charge is 0.256 e. The van der Waals surface area contributed by atoms with Crippen molar-refractivity contribution in [3.05, 3.63) is 48.1 Å². The van der Waals surface area contributed by atoms with Crippen LogP contribution in [0.3, 0.4) is 0 Å². The third kappa shape index (κ3) is 3.98. The summed E-state index contributed by atoms with van der Waals surface area (Å²) in [6.07, 6.45) is 8.77. The van der Waals surface area contributed by atoms with Gasteiger partial charge >= 0.3 is 0 Å². The molecule has 4 rings (SSSR count). The van der Waals surface area contributed by atoms with E-state index in [-0.39, 0.29) is 17.7 Å². The lowest BCUT2D eigenvalue weighted by molar-refractivity contribution is -0.117. The topological polar surface area (TPSA) is 95.2 Å². The van der Waals surface area contributed by atoms with Gasteiger partial charge in [0.1, 0.15) is 11.6 Å². The second-order valence-electron chi connectivity index (χ2n) is 6.83. The van der Waals surface area contributed by atoms with Gasteiger partial charge in [-0.3, -0.25) is 9.69 Å². The number of carbonyl (C=O) groups is 1. The van der Waals surface area contributed by atoms with Crippen molar-refractivity contribution in [2.24, 2.45) is 4.40 Å². The first-order valence-electron chi connectivity index (χ1n) is 9.07. The van der Waals surface area contributed by atoms with Crippen LogP contribution in [0.5, 0.6) is 0 Å². The van der Waals surface area contributed by atoms with E-state index in [4.69, 9.17) is 4.42 Å². The molecule has 0 aliphatic carbocycles. The first-order valence-corrected chi connectivity index (χ1v) is 10.7. The number of furan rings is 1. The zero-order chi connectivity index (χ0) is 18.9. The molecule has 0 radical (unpaired) electrons. The maximum absolute atomic E-state index is 12.6. The molecule has 3 aliphatic rings. The van der Waals surface area contributed by atoms with Crippen LogP contribution in [0.4, 0.5) is 0 Å². The highest BCUT2D eigenvalue weighted by atomic mass is 32.2. The molecule has 0 bridgehead atoms.